The van der Waals surface area contributed by atoms with Crippen molar-refractivity contribution >= 4 is 11.4 Å². The second-order valence-electron chi connectivity index (χ2n) is 6.84. The van der Waals surface area contributed by atoms with Crippen molar-refractivity contribution in [2.75, 3.05) is 0 Å². The van der Waals surface area contributed by atoms with Gasteiger partial charge in [-0.3, -0.25) is 0 Å². The van der Waals surface area contributed by atoms with Crippen LogP contribution in [0.2, 0.25) is 0 Å². The topological polar surface area (TPSA) is 39.7 Å². The lowest BCUT2D eigenvalue weighted by molar-refractivity contribution is 0.606. The van der Waals surface area contributed by atoms with E-state index in [1.54, 1.807) is 12.1 Å². The second-order valence-corrected chi connectivity index (χ2v) is 6.84. The molecular weight excluding hydrogens is 351 g/mol. The molecule has 0 atom stereocenters. The lowest BCUT2D eigenvalue weighted by Crippen LogP contribution is -2.06. The fourth-order valence-electron chi connectivity index (χ4n) is 3.56. The molecule has 0 saturated carbocycles. The van der Waals surface area contributed by atoms with Crippen LogP contribution in [0.5, 0.6) is 0 Å². The van der Waals surface area contributed by atoms with Crippen LogP contribution in [0, 0.1) is 39.7 Å². The summed E-state index contributed by atoms with van der Waals surface area (Å²) >= 11 is 0. The fourth-order valence-corrected chi connectivity index (χ4v) is 3.56. The third-order valence-corrected chi connectivity index (χ3v) is 5.15. The molecule has 0 bridgehead atoms. The summed E-state index contributed by atoms with van der Waals surface area (Å²) in [5.41, 5.74) is 12.5. The molecule has 0 unspecified atom stereocenters. The summed E-state index contributed by atoms with van der Waals surface area (Å²) in [5, 5.41) is 0. The number of hydrogen-bond acceptors (Lipinski definition) is 1. The highest BCUT2D eigenvalue weighted by Crippen LogP contribution is 2.40. The third-order valence-electron chi connectivity index (χ3n) is 5.15. The highest BCUT2D eigenvalue weighted by molar-refractivity contribution is 5.84. The largest absolute Gasteiger partial charge is 0.355 e. The molecule has 5 heteroatoms. The van der Waals surface area contributed by atoms with E-state index in [0.717, 1.165) is 33.6 Å². The van der Waals surface area contributed by atoms with Crippen LogP contribution in [0.25, 0.3) is 20.8 Å². The van der Waals surface area contributed by atoms with Crippen molar-refractivity contribution < 1.29 is 4.39 Å². The van der Waals surface area contributed by atoms with E-state index in [4.69, 9.17) is 18.9 Å². The quantitative estimate of drug-likeness (QED) is 0.575. The highest BCUT2D eigenvalue weighted by Gasteiger charge is 2.20. The summed E-state index contributed by atoms with van der Waals surface area (Å²) < 4.78 is 16.2. The van der Waals surface area contributed by atoms with Crippen molar-refractivity contribution in [1.29, 1.82) is 0 Å². The minimum Gasteiger partial charge on any atom is -0.355 e. The zero-order valence-corrected chi connectivity index (χ0v) is 16.2. The van der Waals surface area contributed by atoms with Gasteiger partial charge in [-0.25, -0.2) is 14.1 Å². The van der Waals surface area contributed by atoms with Crippen molar-refractivity contribution in [2.24, 2.45) is 5.73 Å². The van der Waals surface area contributed by atoms with Gasteiger partial charge in [0.05, 0.1) is 13.1 Å². The van der Waals surface area contributed by atoms with E-state index < -0.39 is 0 Å². The smallest absolute Gasteiger partial charge is 0.215 e. The van der Waals surface area contributed by atoms with Gasteiger partial charge in [0.15, 0.2) is 5.69 Å². The van der Waals surface area contributed by atoms with Crippen molar-refractivity contribution in [2.45, 2.75) is 33.9 Å². The molecule has 28 heavy (non-hydrogen) atoms. The van der Waals surface area contributed by atoms with Crippen LogP contribution in [0.3, 0.4) is 0 Å². The molecule has 0 amide bonds. The molecule has 0 fully saturated rings. The number of nitrogens with two attached hydrogens (primary N) is 1. The molecule has 1 heterocycles. The number of benzene rings is 2. The van der Waals surface area contributed by atoms with Crippen LogP contribution >= 0.6 is 0 Å². The maximum absolute atomic E-state index is 14.1. The predicted molar refractivity (Wildman–Crippen MR) is 110 cm³/mol. The molecule has 0 radical (unpaired) electrons. The normalized spacial score (nSPS) is 10.5. The first-order chi connectivity index (χ1) is 13.4. The lowest BCUT2D eigenvalue weighted by Gasteiger charge is -2.12. The molecule has 3 aromatic rings. The molecule has 3 rings (SSSR count). The van der Waals surface area contributed by atoms with Gasteiger partial charge in [0.2, 0.25) is 5.69 Å². The zero-order chi connectivity index (χ0) is 20.4. The van der Waals surface area contributed by atoms with E-state index in [1.165, 1.54) is 6.07 Å². The Morgan fingerprint density at radius 1 is 1.00 bits per heavy atom. The molecule has 0 saturated heterocycles. The van der Waals surface area contributed by atoms with Gasteiger partial charge in [-0.1, -0.05) is 30.3 Å². The maximum Gasteiger partial charge on any atom is 0.215 e. The van der Waals surface area contributed by atoms with Gasteiger partial charge < -0.3 is 10.3 Å². The number of hydrogen-bond donors (Lipinski definition) is 1. The summed E-state index contributed by atoms with van der Waals surface area (Å²) in [7, 11) is 0. The Hall–Kier alpha value is -3.41. The van der Waals surface area contributed by atoms with Gasteiger partial charge in [-0.15, -0.1) is 0 Å². The average molecular weight is 372 g/mol. The average Bonchev–Trinajstić information content (AvgIpc) is 2.92. The van der Waals surface area contributed by atoms with E-state index >= 15 is 0 Å². The van der Waals surface area contributed by atoms with Crippen LogP contribution in [0.1, 0.15) is 28.1 Å². The van der Waals surface area contributed by atoms with Gasteiger partial charge in [0.1, 0.15) is 5.82 Å². The number of aromatic nitrogens is 1. The summed E-state index contributed by atoms with van der Waals surface area (Å²) in [4.78, 5) is 7.28. The first kappa shape index (κ1) is 19.4. The van der Waals surface area contributed by atoms with Crippen LogP contribution in [0.15, 0.2) is 36.4 Å². The van der Waals surface area contributed by atoms with Gasteiger partial charge in [-0.05, 0) is 43.5 Å². The van der Waals surface area contributed by atoms with Crippen LogP contribution < -0.4 is 5.73 Å². The minimum atomic E-state index is -0.307. The zero-order valence-electron chi connectivity index (χ0n) is 16.2. The fraction of sp³-hybridized carbons (Fsp3) is 0.217. The van der Waals surface area contributed by atoms with E-state index in [-0.39, 0.29) is 12.4 Å². The summed E-state index contributed by atoms with van der Waals surface area (Å²) in [5.74, 6) is -0.307. The number of halogens is 1. The molecule has 0 spiro atoms. The number of rotatable bonds is 4. The molecule has 1 aromatic heterocycles. The Labute approximate surface area is 164 Å². The van der Waals surface area contributed by atoms with Gasteiger partial charge in [-0.2, -0.15) is 0 Å². The molecule has 4 nitrogen and oxygen atoms in total. The lowest BCUT2D eigenvalue weighted by atomic mass is 10.0. The highest BCUT2D eigenvalue weighted by atomic mass is 19.1. The number of aryl methyl sites for hydroxylation is 1. The minimum absolute atomic E-state index is 0.166. The molecule has 0 aliphatic heterocycles. The van der Waals surface area contributed by atoms with Crippen LogP contribution in [-0.2, 0) is 13.1 Å². The molecule has 2 aromatic carbocycles. The van der Waals surface area contributed by atoms with Crippen molar-refractivity contribution in [3.05, 3.63) is 93.1 Å². The van der Waals surface area contributed by atoms with E-state index in [2.05, 4.69) is 9.69 Å². The van der Waals surface area contributed by atoms with Gasteiger partial charge >= 0.3 is 0 Å². The van der Waals surface area contributed by atoms with E-state index in [0.29, 0.717) is 23.5 Å². The number of nitrogens with zero attached hydrogens (tertiary/aromatic N) is 3. The first-order valence-electron chi connectivity index (χ1n) is 8.94. The Morgan fingerprint density at radius 3 is 2.32 bits per heavy atom. The summed E-state index contributed by atoms with van der Waals surface area (Å²) in [6.07, 6.45) is 0. The SMILES string of the molecule is [C-]#[N+]c1ccc(-c2c([N+]#[C-])c(C)n(Cc3ccc(CN)c(F)c3)c2C)cc1C. The molecule has 0 aliphatic rings. The van der Waals surface area contributed by atoms with Crippen LogP contribution in [0.4, 0.5) is 15.8 Å². The van der Waals surface area contributed by atoms with Crippen molar-refractivity contribution in [1.82, 2.24) is 4.57 Å². The predicted octanol–water partition coefficient (Wildman–Crippen LogP) is 5.83. The molecular formula is C23H21FN4. The third kappa shape index (κ3) is 3.29. The van der Waals surface area contributed by atoms with Crippen molar-refractivity contribution in [3.8, 4) is 11.1 Å². The summed E-state index contributed by atoms with van der Waals surface area (Å²) in [6.45, 7) is 21.3. The van der Waals surface area contributed by atoms with Gasteiger partial charge in [0.25, 0.3) is 0 Å². The monoisotopic (exact) mass is 372 g/mol. The Balaban J connectivity index is 2.10. The van der Waals surface area contributed by atoms with E-state index in [9.17, 15) is 4.39 Å². The Morgan fingerprint density at radius 2 is 1.75 bits per heavy atom. The van der Waals surface area contributed by atoms with E-state index in [1.807, 2.05) is 43.5 Å². The van der Waals surface area contributed by atoms with Gasteiger partial charge in [0, 0.05) is 35.6 Å². The Kier molecular flexibility index (Phi) is 5.31. The molecule has 0 aliphatic carbocycles. The standard InChI is InChI=1S/C23H21FN4/c1-14-10-18(8-9-21(14)26-4)22-15(2)28(16(3)23(22)27-5)13-17-6-7-19(12-25)20(24)11-17/h6-11H,12-13,25H2,1-3H3. The molecule has 140 valence electrons. The summed E-state index contributed by atoms with van der Waals surface area (Å²) in [6, 6.07) is 10.7. The van der Waals surface area contributed by atoms with Crippen LogP contribution in [-0.4, -0.2) is 4.57 Å². The molecule has 2 N–H and O–H groups in total. The van der Waals surface area contributed by atoms with Crippen molar-refractivity contribution in [3.63, 3.8) is 0 Å². The second kappa shape index (κ2) is 7.68. The Bertz CT molecular complexity index is 1140. The maximum atomic E-state index is 14.1. The first-order valence-corrected chi connectivity index (χ1v) is 8.94.